The number of ether oxygens (including phenoxy) is 1. The van der Waals surface area contributed by atoms with Crippen molar-refractivity contribution < 1.29 is 24.3 Å². The largest absolute Gasteiger partial charge is 0.444 e. The van der Waals surface area contributed by atoms with Gasteiger partial charge in [0.2, 0.25) is 0 Å². The normalized spacial score (nSPS) is 19.8. The Morgan fingerprint density at radius 2 is 2.03 bits per heavy atom. The van der Waals surface area contributed by atoms with E-state index in [0.717, 1.165) is 16.8 Å². The lowest BCUT2D eigenvalue weighted by Gasteiger charge is -2.30. The number of fused-ring (bicyclic) bond motifs is 4. The summed E-state index contributed by atoms with van der Waals surface area (Å²) in [5, 5.41) is 18.6. The van der Waals surface area contributed by atoms with E-state index < -0.39 is 17.7 Å². The Morgan fingerprint density at radius 1 is 1.28 bits per heavy atom. The van der Waals surface area contributed by atoms with Gasteiger partial charge in [0.25, 0.3) is 0 Å². The maximum atomic E-state index is 13.0. The number of carbonyl (C=O) groups excluding carboxylic acids is 2. The lowest BCUT2D eigenvalue weighted by atomic mass is 9.98. The Balaban J connectivity index is 1.47. The molecule has 2 aliphatic rings. The molecule has 2 atom stereocenters. The number of nitrogens with zero attached hydrogens (tertiary/aromatic N) is 4. The number of rotatable bonds is 7. The van der Waals surface area contributed by atoms with Gasteiger partial charge >= 0.3 is 12.1 Å². The van der Waals surface area contributed by atoms with Gasteiger partial charge in [-0.15, -0.1) is 0 Å². The van der Waals surface area contributed by atoms with E-state index in [-0.39, 0.29) is 25.3 Å². The summed E-state index contributed by atoms with van der Waals surface area (Å²) in [4.78, 5) is 32.4. The molecule has 1 aromatic heterocycles. The second kappa shape index (κ2) is 8.79. The first-order valence-corrected chi connectivity index (χ1v) is 10.7. The molecule has 0 aliphatic carbocycles. The van der Waals surface area contributed by atoms with E-state index in [0.29, 0.717) is 19.6 Å². The van der Waals surface area contributed by atoms with Gasteiger partial charge in [-0.2, -0.15) is 10.2 Å². The second-order valence-corrected chi connectivity index (χ2v) is 8.87. The van der Waals surface area contributed by atoms with E-state index in [9.17, 15) is 14.7 Å². The van der Waals surface area contributed by atoms with E-state index in [1.54, 1.807) is 36.5 Å². The minimum Gasteiger partial charge on any atom is -0.444 e. The molecule has 2 bridgehead atoms. The molecule has 1 saturated heterocycles. The molecule has 1 fully saturated rings. The molecule has 172 valence electrons. The van der Waals surface area contributed by atoms with E-state index in [1.807, 2.05) is 30.3 Å². The fraction of sp³-hybridized carbons (Fsp3) is 0.500. The number of benzene rings is 1. The van der Waals surface area contributed by atoms with Gasteiger partial charge < -0.3 is 20.1 Å². The van der Waals surface area contributed by atoms with Crippen LogP contribution in [0.15, 0.2) is 36.5 Å². The Hall–Kier alpha value is -3.11. The van der Waals surface area contributed by atoms with Crippen LogP contribution in [0.25, 0.3) is 0 Å². The number of aliphatic hydroxyl groups excluding tert-OH is 1. The smallest absolute Gasteiger partial charge is 0.407 e. The molecule has 3 heterocycles. The fourth-order valence-electron chi connectivity index (χ4n) is 4.07. The van der Waals surface area contributed by atoms with Crippen LogP contribution >= 0.6 is 0 Å². The summed E-state index contributed by atoms with van der Waals surface area (Å²) >= 11 is 0. The Morgan fingerprint density at radius 3 is 2.72 bits per heavy atom. The second-order valence-electron chi connectivity index (χ2n) is 8.87. The molecule has 10 nitrogen and oxygen atoms in total. The van der Waals surface area contributed by atoms with Crippen molar-refractivity contribution in [2.45, 2.75) is 51.6 Å². The van der Waals surface area contributed by atoms with Crippen LogP contribution in [0, 0.1) is 0 Å². The molecule has 10 heteroatoms. The van der Waals surface area contributed by atoms with Crippen molar-refractivity contribution in [1.82, 2.24) is 25.1 Å². The molecular weight excluding hydrogens is 414 g/mol. The average Bonchev–Trinajstić information content (AvgIpc) is 3.28. The van der Waals surface area contributed by atoms with E-state index in [2.05, 4.69) is 10.4 Å². The Labute approximate surface area is 186 Å². The highest BCUT2D eigenvalue weighted by Gasteiger charge is 2.50. The zero-order valence-corrected chi connectivity index (χ0v) is 18.5. The van der Waals surface area contributed by atoms with Crippen LogP contribution in [0.4, 0.5) is 9.59 Å². The Bertz CT molecular complexity index is 971. The molecule has 2 aromatic rings. The van der Waals surface area contributed by atoms with Crippen molar-refractivity contribution in [2.24, 2.45) is 0 Å². The fourth-order valence-corrected chi connectivity index (χ4v) is 4.07. The van der Waals surface area contributed by atoms with Gasteiger partial charge in [-0.25, -0.2) is 9.59 Å². The molecule has 3 amide bonds. The average molecular weight is 444 g/mol. The van der Waals surface area contributed by atoms with E-state index in [1.165, 1.54) is 5.06 Å². The highest BCUT2D eigenvalue weighted by molar-refractivity contribution is 5.78. The summed E-state index contributed by atoms with van der Waals surface area (Å²) in [6, 6.07) is 8.52. The predicted octanol–water partition coefficient (Wildman–Crippen LogP) is 2.37. The van der Waals surface area contributed by atoms with Crippen LogP contribution in [-0.2, 0) is 22.7 Å². The highest BCUT2D eigenvalue weighted by atomic mass is 16.7. The first-order valence-electron chi connectivity index (χ1n) is 10.7. The van der Waals surface area contributed by atoms with Crippen LogP contribution < -0.4 is 5.32 Å². The molecule has 2 N–H and O–H groups in total. The molecule has 0 saturated carbocycles. The summed E-state index contributed by atoms with van der Waals surface area (Å²) < 4.78 is 6.97. The SMILES string of the molecule is CC(C)(C)OC(=O)NCCn1ncc2c1[C@@H](CO)N1C[C@@H]2N(OCc2ccccc2)C1=O. The number of hydrogen-bond donors (Lipinski definition) is 2. The van der Waals surface area contributed by atoms with Crippen molar-refractivity contribution in [3.63, 3.8) is 0 Å². The number of urea groups is 1. The standard InChI is InChI=1S/C22H29N5O5/c1-22(2,3)32-20(29)23-9-10-26-19-16(11-24-26)17-12-25(18(19)13-28)21(30)27(17)31-14-15-7-5-4-6-8-15/h4-8,11,17-18,28H,9-10,12-14H2,1-3H3,(H,23,29)/t17-,18+/m0/s1. The summed E-state index contributed by atoms with van der Waals surface area (Å²) in [6.07, 6.45) is 1.21. The number of amides is 3. The van der Waals surface area contributed by atoms with Gasteiger partial charge in [0.15, 0.2) is 0 Å². The lowest BCUT2D eigenvalue weighted by molar-refractivity contribution is -0.141. The van der Waals surface area contributed by atoms with Gasteiger partial charge in [0.1, 0.15) is 18.2 Å². The molecular formula is C22H29N5O5. The number of aromatic nitrogens is 2. The van der Waals surface area contributed by atoms with Gasteiger partial charge in [-0.3, -0.25) is 9.52 Å². The number of hydroxylamine groups is 2. The third-order valence-corrected chi connectivity index (χ3v) is 5.43. The van der Waals surface area contributed by atoms with Crippen LogP contribution in [0.1, 0.15) is 49.7 Å². The first-order chi connectivity index (χ1) is 15.3. The van der Waals surface area contributed by atoms with Crippen molar-refractivity contribution >= 4 is 12.1 Å². The number of aliphatic hydroxyl groups is 1. The molecule has 4 rings (SSSR count). The van der Waals surface area contributed by atoms with Crippen LogP contribution in [-0.4, -0.2) is 62.3 Å². The lowest BCUT2D eigenvalue weighted by Crippen LogP contribution is -2.38. The molecule has 0 radical (unpaired) electrons. The summed E-state index contributed by atoms with van der Waals surface area (Å²) in [5.74, 6) is 0. The van der Waals surface area contributed by atoms with E-state index >= 15 is 0 Å². The predicted molar refractivity (Wildman–Crippen MR) is 114 cm³/mol. The molecule has 0 spiro atoms. The minimum atomic E-state index is -0.576. The van der Waals surface area contributed by atoms with Crippen LogP contribution in [0.3, 0.4) is 0 Å². The number of alkyl carbamates (subject to hydrolysis) is 1. The zero-order chi connectivity index (χ0) is 22.9. The summed E-state index contributed by atoms with van der Waals surface area (Å²) in [7, 11) is 0. The van der Waals surface area contributed by atoms with Gasteiger partial charge in [0, 0.05) is 12.1 Å². The van der Waals surface area contributed by atoms with Crippen molar-refractivity contribution in [2.75, 3.05) is 19.7 Å². The number of hydrogen-bond acceptors (Lipinski definition) is 6. The molecule has 2 aliphatic heterocycles. The number of carbonyl (C=O) groups is 2. The maximum Gasteiger partial charge on any atom is 0.407 e. The monoisotopic (exact) mass is 443 g/mol. The highest BCUT2D eigenvalue weighted by Crippen LogP contribution is 2.43. The molecule has 0 unspecified atom stereocenters. The van der Waals surface area contributed by atoms with Gasteiger partial charge in [-0.1, -0.05) is 30.3 Å². The third-order valence-electron chi connectivity index (χ3n) is 5.43. The molecule has 1 aromatic carbocycles. The van der Waals surface area contributed by atoms with Crippen LogP contribution in [0.2, 0.25) is 0 Å². The topological polar surface area (TPSA) is 109 Å². The third kappa shape index (κ3) is 4.42. The van der Waals surface area contributed by atoms with Gasteiger partial charge in [0.05, 0.1) is 37.6 Å². The minimum absolute atomic E-state index is 0.233. The quantitative estimate of drug-likeness (QED) is 0.680. The van der Waals surface area contributed by atoms with Crippen LogP contribution in [0.5, 0.6) is 0 Å². The summed E-state index contributed by atoms with van der Waals surface area (Å²) in [6.45, 7) is 6.54. The molecule has 32 heavy (non-hydrogen) atoms. The Kier molecular flexibility index (Phi) is 6.07. The van der Waals surface area contributed by atoms with Crippen molar-refractivity contribution in [3.05, 3.63) is 53.3 Å². The van der Waals surface area contributed by atoms with Crippen molar-refractivity contribution in [3.8, 4) is 0 Å². The van der Waals surface area contributed by atoms with E-state index in [4.69, 9.17) is 9.57 Å². The summed E-state index contributed by atoms with van der Waals surface area (Å²) in [5.41, 5.74) is 1.98. The zero-order valence-electron chi connectivity index (χ0n) is 18.5. The number of nitrogens with one attached hydrogen (secondary N) is 1. The first kappa shape index (κ1) is 22.1. The van der Waals surface area contributed by atoms with Gasteiger partial charge in [-0.05, 0) is 26.3 Å². The maximum absolute atomic E-state index is 13.0. The van der Waals surface area contributed by atoms with Crippen molar-refractivity contribution in [1.29, 1.82) is 0 Å².